The Hall–Kier alpha value is -2.70. The molecule has 4 nitrogen and oxygen atoms in total. The van der Waals surface area contributed by atoms with Gasteiger partial charge in [-0.1, -0.05) is 17.7 Å². The lowest BCUT2D eigenvalue weighted by molar-refractivity contribution is -0.137. The molecule has 2 aromatic rings. The molecule has 7 heteroatoms. The highest BCUT2D eigenvalue weighted by Crippen LogP contribution is 2.32. The Kier molecular flexibility index (Phi) is 5.56. The van der Waals surface area contributed by atoms with Gasteiger partial charge in [0.1, 0.15) is 12.4 Å². The quantitative estimate of drug-likeness (QED) is 0.841. The zero-order chi connectivity index (χ0) is 18.6. The monoisotopic (exact) mass is 352 g/mol. The number of hydrogen-bond donors (Lipinski definition) is 2. The highest BCUT2D eigenvalue weighted by Gasteiger charge is 2.31. The predicted molar refractivity (Wildman–Crippen MR) is 89.8 cm³/mol. The first-order valence-electron chi connectivity index (χ1n) is 7.59. The summed E-state index contributed by atoms with van der Waals surface area (Å²) < 4.78 is 44.5. The van der Waals surface area contributed by atoms with E-state index < -0.39 is 17.8 Å². The van der Waals surface area contributed by atoms with Gasteiger partial charge in [0.05, 0.1) is 5.56 Å². The number of hydrogen-bond acceptors (Lipinski definition) is 2. The lowest BCUT2D eigenvalue weighted by atomic mass is 10.1. The summed E-state index contributed by atoms with van der Waals surface area (Å²) in [6.07, 6.45) is -4.47. The summed E-state index contributed by atoms with van der Waals surface area (Å²) >= 11 is 0. The molecule has 0 atom stereocenters. The Morgan fingerprint density at radius 3 is 2.44 bits per heavy atom. The van der Waals surface area contributed by atoms with Crippen LogP contribution in [-0.2, 0) is 12.8 Å². The Labute approximate surface area is 144 Å². The van der Waals surface area contributed by atoms with Gasteiger partial charge in [-0.25, -0.2) is 4.79 Å². The molecule has 0 aromatic heterocycles. The zero-order valence-electron chi connectivity index (χ0n) is 14.1. The molecule has 0 radical (unpaired) electrons. The Morgan fingerprint density at radius 2 is 1.84 bits per heavy atom. The first-order chi connectivity index (χ1) is 11.7. The van der Waals surface area contributed by atoms with Crippen molar-refractivity contribution < 1.29 is 22.7 Å². The summed E-state index contributed by atoms with van der Waals surface area (Å²) in [5.74, 6) is 0.578. The first-order valence-corrected chi connectivity index (χ1v) is 7.59. The van der Waals surface area contributed by atoms with E-state index in [0.29, 0.717) is 5.75 Å². The zero-order valence-corrected chi connectivity index (χ0v) is 14.1. The molecule has 2 N–H and O–H groups in total. The van der Waals surface area contributed by atoms with Gasteiger partial charge >= 0.3 is 12.2 Å². The summed E-state index contributed by atoms with van der Waals surface area (Å²) in [5.41, 5.74) is 1.64. The van der Waals surface area contributed by atoms with Gasteiger partial charge in [-0.2, -0.15) is 13.2 Å². The van der Waals surface area contributed by atoms with Gasteiger partial charge in [0.15, 0.2) is 0 Å². The van der Waals surface area contributed by atoms with E-state index in [1.54, 1.807) is 6.07 Å². The number of ether oxygens (including phenoxy) is 1. The van der Waals surface area contributed by atoms with E-state index in [0.717, 1.165) is 23.3 Å². The third-order valence-electron chi connectivity index (χ3n) is 3.62. The van der Waals surface area contributed by atoms with E-state index in [1.165, 1.54) is 13.1 Å². The van der Waals surface area contributed by atoms with E-state index in [9.17, 15) is 18.0 Å². The fourth-order valence-corrected chi connectivity index (χ4v) is 2.31. The topological polar surface area (TPSA) is 50.4 Å². The van der Waals surface area contributed by atoms with Gasteiger partial charge in [0, 0.05) is 18.3 Å². The molecule has 2 amide bonds. The normalized spacial score (nSPS) is 11.1. The van der Waals surface area contributed by atoms with E-state index in [2.05, 4.69) is 10.6 Å². The molecule has 0 heterocycles. The minimum atomic E-state index is -4.47. The molecule has 0 spiro atoms. The van der Waals surface area contributed by atoms with Crippen molar-refractivity contribution in [2.45, 2.75) is 26.6 Å². The maximum atomic E-state index is 13.0. The Balaban J connectivity index is 2.29. The van der Waals surface area contributed by atoms with E-state index in [4.69, 9.17) is 4.74 Å². The van der Waals surface area contributed by atoms with Crippen molar-refractivity contribution >= 4 is 11.7 Å². The maximum absolute atomic E-state index is 13.0. The van der Waals surface area contributed by atoms with Crippen molar-refractivity contribution in [2.24, 2.45) is 0 Å². The lowest BCUT2D eigenvalue weighted by Crippen LogP contribution is -2.25. The minimum absolute atomic E-state index is 0.104. The van der Waals surface area contributed by atoms with Crippen LogP contribution in [0.2, 0.25) is 0 Å². The van der Waals surface area contributed by atoms with Crippen LogP contribution in [0.3, 0.4) is 0 Å². The van der Waals surface area contributed by atoms with Crippen LogP contribution < -0.4 is 15.4 Å². The third kappa shape index (κ3) is 4.89. The van der Waals surface area contributed by atoms with Crippen molar-refractivity contribution in [3.63, 3.8) is 0 Å². The molecule has 0 fully saturated rings. The molecule has 0 aliphatic carbocycles. The van der Waals surface area contributed by atoms with Gasteiger partial charge < -0.3 is 15.4 Å². The number of urea groups is 1. The van der Waals surface area contributed by atoms with Gasteiger partial charge in [-0.3, -0.25) is 0 Å². The summed E-state index contributed by atoms with van der Waals surface area (Å²) in [4.78, 5) is 11.5. The summed E-state index contributed by atoms with van der Waals surface area (Å²) in [5, 5.41) is 4.86. The largest absolute Gasteiger partial charge is 0.489 e. The molecule has 0 unspecified atom stereocenters. The highest BCUT2D eigenvalue weighted by molar-refractivity contribution is 5.89. The van der Waals surface area contributed by atoms with Crippen molar-refractivity contribution in [3.05, 3.63) is 58.7 Å². The summed E-state index contributed by atoms with van der Waals surface area (Å²) in [6, 6.07) is 8.15. The second kappa shape index (κ2) is 7.46. The van der Waals surface area contributed by atoms with Crippen LogP contribution >= 0.6 is 0 Å². The van der Waals surface area contributed by atoms with Crippen LogP contribution in [0, 0.1) is 13.8 Å². The van der Waals surface area contributed by atoms with Crippen molar-refractivity contribution in [2.75, 3.05) is 12.4 Å². The number of anilines is 1. The fraction of sp³-hybridized carbons (Fsp3) is 0.278. The number of carbonyl (C=O) groups excluding carboxylic acids is 1. The molecule has 0 bridgehead atoms. The maximum Gasteiger partial charge on any atom is 0.416 e. The van der Waals surface area contributed by atoms with Gasteiger partial charge in [0.25, 0.3) is 0 Å². The van der Waals surface area contributed by atoms with Crippen LogP contribution in [0.25, 0.3) is 0 Å². The Bertz CT molecular complexity index is 773. The van der Waals surface area contributed by atoms with Crippen LogP contribution in [0.5, 0.6) is 5.75 Å². The van der Waals surface area contributed by atoms with E-state index in [1.807, 2.05) is 26.0 Å². The molecular weight excluding hydrogens is 333 g/mol. The molecule has 25 heavy (non-hydrogen) atoms. The first kappa shape index (κ1) is 18.6. The average molecular weight is 352 g/mol. The van der Waals surface area contributed by atoms with E-state index >= 15 is 0 Å². The van der Waals surface area contributed by atoms with Crippen LogP contribution in [-0.4, -0.2) is 13.1 Å². The number of aryl methyl sites for hydroxylation is 2. The molecular formula is C18H19F3N2O2. The second-order valence-electron chi connectivity index (χ2n) is 5.63. The van der Waals surface area contributed by atoms with Crippen LogP contribution in [0.1, 0.15) is 22.3 Å². The lowest BCUT2D eigenvalue weighted by Gasteiger charge is -2.16. The minimum Gasteiger partial charge on any atom is -0.489 e. The number of amides is 2. The summed E-state index contributed by atoms with van der Waals surface area (Å²) in [6.45, 7) is 3.69. The molecule has 0 saturated heterocycles. The second-order valence-corrected chi connectivity index (χ2v) is 5.63. The van der Waals surface area contributed by atoms with Crippen molar-refractivity contribution in [1.29, 1.82) is 0 Å². The number of halogens is 3. The molecule has 2 rings (SSSR count). The van der Waals surface area contributed by atoms with E-state index in [-0.39, 0.29) is 17.9 Å². The van der Waals surface area contributed by atoms with Crippen molar-refractivity contribution in [1.82, 2.24) is 5.32 Å². The molecule has 0 saturated carbocycles. The average Bonchev–Trinajstić information content (AvgIpc) is 2.54. The molecule has 0 aliphatic rings. The predicted octanol–water partition coefficient (Wildman–Crippen LogP) is 4.65. The standard InChI is InChI=1S/C18H19F3N2O2/c1-11-4-7-16(12(2)8-11)25-10-13-9-14(18(19,20)21)5-6-15(13)23-17(24)22-3/h4-9H,10H2,1-3H3,(H2,22,23,24). The van der Waals surface area contributed by atoms with Crippen LogP contribution in [0.15, 0.2) is 36.4 Å². The number of nitrogens with one attached hydrogen (secondary N) is 2. The molecule has 134 valence electrons. The van der Waals surface area contributed by atoms with Crippen LogP contribution in [0.4, 0.5) is 23.7 Å². The molecule has 2 aromatic carbocycles. The summed E-state index contributed by atoms with van der Waals surface area (Å²) in [7, 11) is 1.42. The highest BCUT2D eigenvalue weighted by atomic mass is 19.4. The fourth-order valence-electron chi connectivity index (χ4n) is 2.31. The molecule has 0 aliphatic heterocycles. The number of carbonyl (C=O) groups is 1. The van der Waals surface area contributed by atoms with Gasteiger partial charge in [-0.15, -0.1) is 0 Å². The Morgan fingerprint density at radius 1 is 1.12 bits per heavy atom. The number of alkyl halides is 3. The number of rotatable bonds is 4. The van der Waals surface area contributed by atoms with Crippen molar-refractivity contribution in [3.8, 4) is 5.75 Å². The SMILES string of the molecule is CNC(=O)Nc1ccc(C(F)(F)F)cc1COc1ccc(C)cc1C. The third-order valence-corrected chi connectivity index (χ3v) is 3.62. The number of benzene rings is 2. The smallest absolute Gasteiger partial charge is 0.416 e. The van der Waals surface area contributed by atoms with Gasteiger partial charge in [0.2, 0.25) is 0 Å². The van der Waals surface area contributed by atoms with Gasteiger partial charge in [-0.05, 0) is 43.7 Å².